The van der Waals surface area contributed by atoms with Gasteiger partial charge < -0.3 is 10.4 Å². The van der Waals surface area contributed by atoms with Gasteiger partial charge in [0.05, 0.1) is 6.54 Å². The molecule has 0 bridgehead atoms. The fourth-order valence-corrected chi connectivity index (χ4v) is 3.76. The number of hydrogen-bond acceptors (Lipinski definition) is 3. The molecule has 1 aliphatic carbocycles. The predicted molar refractivity (Wildman–Crippen MR) is 76.4 cm³/mol. The van der Waals surface area contributed by atoms with Crippen LogP contribution in [0.3, 0.4) is 0 Å². The van der Waals surface area contributed by atoms with Crippen LogP contribution < -0.4 is 5.32 Å². The minimum atomic E-state index is 0.135. The smallest absolute Gasteiger partial charge is 0.223 e. The molecule has 1 aromatic rings. The molecule has 2 rings (SSSR count). The second-order valence-corrected chi connectivity index (χ2v) is 6.76. The predicted octanol–water partition coefficient (Wildman–Crippen LogP) is 2.93. The molecular formula is C13H18BrNO2S. The number of carbonyl (C=O) groups is 1. The Morgan fingerprint density at radius 2 is 2.17 bits per heavy atom. The van der Waals surface area contributed by atoms with Crippen LogP contribution in [0.5, 0.6) is 0 Å². The van der Waals surface area contributed by atoms with Crippen LogP contribution in [0.15, 0.2) is 15.9 Å². The number of carbonyl (C=O) groups excluding carboxylic acids is 1. The van der Waals surface area contributed by atoms with E-state index >= 15 is 0 Å². The number of amides is 1. The molecule has 1 saturated carbocycles. The first kappa shape index (κ1) is 14.0. The van der Waals surface area contributed by atoms with Gasteiger partial charge in [0.2, 0.25) is 5.91 Å². The van der Waals surface area contributed by atoms with Crippen LogP contribution in [0.25, 0.3) is 0 Å². The molecule has 0 atom stereocenters. The van der Waals surface area contributed by atoms with E-state index in [9.17, 15) is 4.79 Å². The van der Waals surface area contributed by atoms with Gasteiger partial charge in [-0.15, -0.1) is 11.3 Å². The maximum Gasteiger partial charge on any atom is 0.223 e. The van der Waals surface area contributed by atoms with E-state index in [1.54, 1.807) is 11.3 Å². The molecule has 3 nitrogen and oxygen atoms in total. The highest BCUT2D eigenvalue weighted by atomic mass is 79.9. The van der Waals surface area contributed by atoms with Crippen LogP contribution in [0.2, 0.25) is 0 Å². The molecule has 1 amide bonds. The lowest BCUT2D eigenvalue weighted by atomic mass is 9.82. The van der Waals surface area contributed by atoms with E-state index in [4.69, 9.17) is 5.11 Å². The van der Waals surface area contributed by atoms with Gasteiger partial charge in [0.15, 0.2) is 0 Å². The van der Waals surface area contributed by atoms with E-state index in [1.807, 2.05) is 11.4 Å². The van der Waals surface area contributed by atoms with E-state index < -0.39 is 0 Å². The second-order valence-electron chi connectivity index (χ2n) is 4.85. The molecule has 1 fully saturated rings. The zero-order valence-corrected chi connectivity index (χ0v) is 12.6. The first-order chi connectivity index (χ1) is 8.69. The van der Waals surface area contributed by atoms with Crippen LogP contribution in [-0.2, 0) is 11.3 Å². The molecule has 0 aromatic carbocycles. The Hall–Kier alpha value is -0.390. The summed E-state index contributed by atoms with van der Waals surface area (Å²) < 4.78 is 1.07. The van der Waals surface area contributed by atoms with Gasteiger partial charge in [0.1, 0.15) is 0 Å². The number of hydrogen-bond donors (Lipinski definition) is 2. The van der Waals surface area contributed by atoms with Gasteiger partial charge >= 0.3 is 0 Å². The molecule has 100 valence electrons. The minimum absolute atomic E-state index is 0.135. The van der Waals surface area contributed by atoms with Crippen molar-refractivity contribution in [3.63, 3.8) is 0 Å². The summed E-state index contributed by atoms with van der Waals surface area (Å²) in [6, 6.07) is 2.04. The maximum absolute atomic E-state index is 12.0. The fraction of sp³-hybridized carbons (Fsp3) is 0.615. The largest absolute Gasteiger partial charge is 0.396 e. The van der Waals surface area contributed by atoms with Gasteiger partial charge in [0, 0.05) is 27.3 Å². The monoisotopic (exact) mass is 331 g/mol. The molecular weight excluding hydrogens is 314 g/mol. The van der Waals surface area contributed by atoms with E-state index in [0.717, 1.165) is 30.2 Å². The van der Waals surface area contributed by atoms with Gasteiger partial charge in [-0.05, 0) is 53.6 Å². The van der Waals surface area contributed by atoms with Crippen LogP contribution in [0, 0.1) is 11.8 Å². The molecule has 18 heavy (non-hydrogen) atoms. The zero-order chi connectivity index (χ0) is 13.0. The fourth-order valence-electron chi connectivity index (χ4n) is 2.37. The summed E-state index contributed by atoms with van der Waals surface area (Å²) in [6.07, 6.45) is 3.76. The van der Waals surface area contributed by atoms with E-state index in [2.05, 4.69) is 21.2 Å². The molecule has 5 heteroatoms. The third-order valence-electron chi connectivity index (χ3n) is 3.53. The van der Waals surface area contributed by atoms with E-state index in [0.29, 0.717) is 12.5 Å². The second kappa shape index (κ2) is 6.68. The Morgan fingerprint density at radius 3 is 2.72 bits per heavy atom. The first-order valence-corrected chi connectivity index (χ1v) is 7.97. The summed E-state index contributed by atoms with van der Waals surface area (Å²) in [5.74, 6) is 0.703. The van der Waals surface area contributed by atoms with Gasteiger partial charge in [-0.25, -0.2) is 0 Å². The molecule has 0 aliphatic heterocycles. The van der Waals surface area contributed by atoms with E-state index in [-0.39, 0.29) is 18.4 Å². The van der Waals surface area contributed by atoms with Crippen LogP contribution >= 0.6 is 27.3 Å². The first-order valence-electron chi connectivity index (χ1n) is 6.30. The van der Waals surface area contributed by atoms with Gasteiger partial charge in [-0.1, -0.05) is 0 Å². The number of nitrogens with one attached hydrogen (secondary N) is 1. The van der Waals surface area contributed by atoms with E-state index in [1.165, 1.54) is 4.88 Å². The van der Waals surface area contributed by atoms with Crippen molar-refractivity contribution in [1.82, 2.24) is 5.32 Å². The number of aliphatic hydroxyl groups excluding tert-OH is 1. The van der Waals surface area contributed by atoms with Crippen molar-refractivity contribution in [3.05, 3.63) is 20.8 Å². The molecule has 2 N–H and O–H groups in total. The van der Waals surface area contributed by atoms with Crippen molar-refractivity contribution in [3.8, 4) is 0 Å². The summed E-state index contributed by atoms with van der Waals surface area (Å²) >= 11 is 5.05. The van der Waals surface area contributed by atoms with Gasteiger partial charge in [-0.2, -0.15) is 0 Å². The van der Waals surface area contributed by atoms with Crippen molar-refractivity contribution in [2.24, 2.45) is 11.8 Å². The highest BCUT2D eigenvalue weighted by Crippen LogP contribution is 2.28. The maximum atomic E-state index is 12.0. The lowest BCUT2D eigenvalue weighted by Crippen LogP contribution is -2.33. The number of rotatable bonds is 4. The average molecular weight is 332 g/mol. The van der Waals surface area contributed by atoms with Crippen molar-refractivity contribution < 1.29 is 9.90 Å². The van der Waals surface area contributed by atoms with Crippen molar-refractivity contribution in [1.29, 1.82) is 0 Å². The van der Waals surface area contributed by atoms with Crippen molar-refractivity contribution in [2.75, 3.05) is 6.61 Å². The number of halogens is 1. The van der Waals surface area contributed by atoms with Crippen LogP contribution in [0.1, 0.15) is 30.6 Å². The lowest BCUT2D eigenvalue weighted by molar-refractivity contribution is -0.126. The summed E-state index contributed by atoms with van der Waals surface area (Å²) in [5, 5.41) is 14.1. The third kappa shape index (κ3) is 3.80. The average Bonchev–Trinajstić information content (AvgIpc) is 2.82. The highest BCUT2D eigenvalue weighted by Gasteiger charge is 2.25. The highest BCUT2D eigenvalue weighted by molar-refractivity contribution is 9.10. The Bertz CT molecular complexity index is 399. The van der Waals surface area contributed by atoms with Crippen molar-refractivity contribution >= 4 is 33.2 Å². The summed E-state index contributed by atoms with van der Waals surface area (Å²) in [6.45, 7) is 0.882. The third-order valence-corrected chi connectivity index (χ3v) is 5.23. The minimum Gasteiger partial charge on any atom is -0.396 e. The number of thiophene rings is 1. The summed E-state index contributed by atoms with van der Waals surface area (Å²) in [4.78, 5) is 13.2. The van der Waals surface area contributed by atoms with Crippen LogP contribution in [-0.4, -0.2) is 17.6 Å². The molecule has 1 heterocycles. The van der Waals surface area contributed by atoms with Crippen LogP contribution in [0.4, 0.5) is 0 Å². The van der Waals surface area contributed by atoms with Gasteiger partial charge in [-0.3, -0.25) is 4.79 Å². The summed E-state index contributed by atoms with van der Waals surface area (Å²) in [7, 11) is 0. The molecule has 1 aromatic heterocycles. The quantitative estimate of drug-likeness (QED) is 0.891. The topological polar surface area (TPSA) is 49.3 Å². The lowest BCUT2D eigenvalue weighted by Gasteiger charge is -2.26. The SMILES string of the molecule is O=C(NCc1cc(Br)cs1)C1CCC(CO)CC1. The number of aliphatic hydroxyl groups is 1. The normalized spacial score (nSPS) is 23.9. The molecule has 0 unspecified atom stereocenters. The van der Waals surface area contributed by atoms with Crippen molar-refractivity contribution in [2.45, 2.75) is 32.2 Å². The molecule has 1 aliphatic rings. The molecule has 0 radical (unpaired) electrons. The Kier molecular flexibility index (Phi) is 5.21. The summed E-state index contributed by atoms with van der Waals surface area (Å²) in [5.41, 5.74) is 0. The Morgan fingerprint density at radius 1 is 1.44 bits per heavy atom. The molecule has 0 spiro atoms. The van der Waals surface area contributed by atoms with Gasteiger partial charge in [0.25, 0.3) is 0 Å². The zero-order valence-electron chi connectivity index (χ0n) is 10.2. The Balaban J connectivity index is 1.75. The molecule has 0 saturated heterocycles. The standard InChI is InChI=1S/C13H18BrNO2S/c14-11-5-12(18-8-11)6-15-13(17)10-3-1-9(7-16)2-4-10/h5,8-10,16H,1-4,6-7H2,(H,15,17). The Labute approximate surface area is 120 Å².